The van der Waals surface area contributed by atoms with Crippen LogP contribution in [0.15, 0.2) is 48.2 Å². The highest BCUT2D eigenvalue weighted by Gasteiger charge is 2.23. The molecule has 4 atom stereocenters. The van der Waals surface area contributed by atoms with Crippen LogP contribution in [0.25, 0.3) is 21.3 Å². The lowest BCUT2D eigenvalue weighted by Gasteiger charge is -2.19. The molecule has 0 fully saturated rings. The molecule has 0 aliphatic rings. The number of aliphatic carboxylic acids is 4. The molecular formula is C33H50N8O10. The number of carboxylic acid groups (broad SMARTS) is 4. The molecule has 18 nitrogen and oxygen atoms in total. The van der Waals surface area contributed by atoms with Crippen LogP contribution in [0.1, 0.15) is 39.2 Å². The maximum Gasteiger partial charge on any atom is 0.419 e. The monoisotopic (exact) mass is 718 g/mol. The van der Waals surface area contributed by atoms with Gasteiger partial charge in [0.25, 0.3) is 0 Å². The number of nitrogens with two attached hydrogens (primary N) is 4. The summed E-state index contributed by atoms with van der Waals surface area (Å²) in [6, 6.07) is 7.34. The highest BCUT2D eigenvalue weighted by molar-refractivity contribution is 5.92. The number of azide groups is 1. The molecule has 0 amide bonds. The normalized spacial score (nSPS) is 12.5. The fourth-order valence-corrected chi connectivity index (χ4v) is 3.70. The lowest BCUT2D eigenvalue weighted by atomic mass is 9.99. The Kier molecular flexibility index (Phi) is 23.9. The van der Waals surface area contributed by atoms with Crippen molar-refractivity contribution in [3.63, 3.8) is 0 Å². The summed E-state index contributed by atoms with van der Waals surface area (Å²) in [4.78, 5) is 56.4. The van der Waals surface area contributed by atoms with E-state index in [4.69, 9.17) is 54.9 Å². The Hall–Kier alpha value is -5.44. The van der Waals surface area contributed by atoms with Crippen LogP contribution in [0.2, 0.25) is 0 Å². The van der Waals surface area contributed by atoms with Gasteiger partial charge in [0.2, 0.25) is 0 Å². The van der Waals surface area contributed by atoms with Gasteiger partial charge < -0.3 is 48.1 Å². The van der Waals surface area contributed by atoms with Crippen molar-refractivity contribution in [2.24, 2.45) is 51.7 Å². The molecule has 0 saturated heterocycles. The minimum Gasteiger partial charge on any atom is -0.481 e. The van der Waals surface area contributed by atoms with E-state index in [1.54, 1.807) is 39.1 Å². The minimum atomic E-state index is -1.03. The van der Waals surface area contributed by atoms with Gasteiger partial charge in [-0.3, -0.25) is 23.7 Å². The molecule has 2 aromatic rings. The first-order valence-corrected chi connectivity index (χ1v) is 15.5. The number of nitrogens with zero attached hydrogens (tertiary/aromatic N) is 4. The maximum atomic E-state index is 12.4. The lowest BCUT2D eigenvalue weighted by Crippen LogP contribution is -2.27. The molecule has 1 heterocycles. The number of fused-ring (bicyclic) bond motifs is 1. The predicted molar refractivity (Wildman–Crippen MR) is 190 cm³/mol. The molecule has 2 rings (SSSR count). The Labute approximate surface area is 296 Å². The molecule has 1 aromatic heterocycles. The third-order valence-electron chi connectivity index (χ3n) is 6.57. The first-order valence-electron chi connectivity index (χ1n) is 15.5. The van der Waals surface area contributed by atoms with Crippen LogP contribution in [0.4, 0.5) is 4.79 Å². The summed E-state index contributed by atoms with van der Waals surface area (Å²) < 4.78 is 6.83. The number of terminal acetylenes is 1. The van der Waals surface area contributed by atoms with Crippen molar-refractivity contribution >= 4 is 40.9 Å². The topological polar surface area (TPSA) is 333 Å². The molecular weight excluding hydrogens is 668 g/mol. The van der Waals surface area contributed by atoms with Crippen molar-refractivity contribution in [3.05, 3.63) is 59.1 Å². The van der Waals surface area contributed by atoms with Gasteiger partial charge >= 0.3 is 30.0 Å². The highest BCUT2D eigenvalue weighted by atomic mass is 16.6. The molecule has 0 unspecified atom stereocenters. The Morgan fingerprint density at radius 2 is 1.47 bits per heavy atom. The second-order valence-corrected chi connectivity index (χ2v) is 11.6. The van der Waals surface area contributed by atoms with E-state index in [9.17, 15) is 29.1 Å². The van der Waals surface area contributed by atoms with E-state index in [1.807, 2.05) is 24.1 Å². The second-order valence-electron chi connectivity index (χ2n) is 11.6. The third kappa shape index (κ3) is 19.4. The summed E-state index contributed by atoms with van der Waals surface area (Å²) in [6.07, 6.45) is 9.21. The molecule has 0 radical (unpaired) electrons. The van der Waals surface area contributed by atoms with Crippen LogP contribution in [-0.2, 0) is 30.3 Å². The number of carboxylic acids is 4. The summed E-state index contributed by atoms with van der Waals surface area (Å²) >= 11 is 0. The predicted octanol–water partition coefficient (Wildman–Crippen LogP) is 2.47. The number of carbonyl (C=O) groups is 5. The van der Waals surface area contributed by atoms with Crippen LogP contribution in [-0.4, -0.2) is 93.3 Å². The zero-order valence-electron chi connectivity index (χ0n) is 29.1. The van der Waals surface area contributed by atoms with Crippen molar-refractivity contribution < 1.29 is 49.1 Å². The SMILES string of the molecule is C#C[C@@H](CN)C(=O)O.C=CCC[C@@H](CN)C(=O)O.CC(C)(C)OC(=O)n1cc(C[C@@H](CN)C(=O)O)c2ccccc21.[N-]=[N+]=NC[C@@H](CN)C(=O)O. The molecule has 51 heavy (non-hydrogen) atoms. The first kappa shape index (κ1) is 47.7. The number of hydrogen-bond acceptors (Lipinski definition) is 11. The number of para-hydroxylation sites is 1. The van der Waals surface area contributed by atoms with Gasteiger partial charge in [0.15, 0.2) is 0 Å². The summed E-state index contributed by atoms with van der Waals surface area (Å²) in [5.41, 5.74) is 29.4. The maximum absolute atomic E-state index is 12.4. The van der Waals surface area contributed by atoms with Gasteiger partial charge in [0, 0.05) is 49.2 Å². The average Bonchev–Trinajstić information content (AvgIpc) is 3.43. The molecule has 0 spiro atoms. The zero-order chi connectivity index (χ0) is 39.7. The first-order chi connectivity index (χ1) is 23.9. The van der Waals surface area contributed by atoms with Crippen LogP contribution in [0.5, 0.6) is 0 Å². The average molecular weight is 719 g/mol. The van der Waals surface area contributed by atoms with Crippen molar-refractivity contribution in [3.8, 4) is 12.3 Å². The second kappa shape index (κ2) is 25.5. The summed E-state index contributed by atoms with van der Waals surface area (Å²) in [5.74, 6) is -4.47. The Morgan fingerprint density at radius 3 is 1.84 bits per heavy atom. The Balaban J connectivity index is 0. The molecule has 1 aromatic carbocycles. The molecule has 18 heteroatoms. The van der Waals surface area contributed by atoms with E-state index in [1.165, 1.54) is 4.57 Å². The number of hydrogen-bond donors (Lipinski definition) is 8. The molecule has 0 aliphatic carbocycles. The van der Waals surface area contributed by atoms with Crippen molar-refractivity contribution in [2.75, 3.05) is 32.7 Å². The fraction of sp³-hybridized carbons (Fsp3) is 0.485. The van der Waals surface area contributed by atoms with Crippen molar-refractivity contribution in [1.29, 1.82) is 0 Å². The lowest BCUT2D eigenvalue weighted by molar-refractivity contribution is -0.142. The van der Waals surface area contributed by atoms with Crippen LogP contribution >= 0.6 is 0 Å². The van der Waals surface area contributed by atoms with E-state index in [0.29, 0.717) is 18.4 Å². The number of rotatable bonds is 15. The quantitative estimate of drug-likeness (QED) is 0.0431. The smallest absolute Gasteiger partial charge is 0.419 e. The van der Waals surface area contributed by atoms with Gasteiger partial charge in [0.1, 0.15) is 11.5 Å². The van der Waals surface area contributed by atoms with E-state index in [0.717, 1.165) is 10.9 Å². The van der Waals surface area contributed by atoms with Gasteiger partial charge in [-0.15, -0.1) is 13.0 Å². The van der Waals surface area contributed by atoms with E-state index >= 15 is 0 Å². The summed E-state index contributed by atoms with van der Waals surface area (Å²) in [5, 5.41) is 38.1. The fourth-order valence-electron chi connectivity index (χ4n) is 3.70. The van der Waals surface area contributed by atoms with Gasteiger partial charge in [-0.2, -0.15) is 0 Å². The van der Waals surface area contributed by atoms with E-state index in [-0.39, 0.29) is 39.1 Å². The van der Waals surface area contributed by atoms with Crippen LogP contribution in [0, 0.1) is 36.0 Å². The Bertz CT molecular complexity index is 1520. The highest BCUT2D eigenvalue weighted by Crippen LogP contribution is 2.25. The molecule has 0 aliphatic heterocycles. The number of benzene rings is 1. The van der Waals surface area contributed by atoms with Gasteiger partial charge in [-0.25, -0.2) is 4.79 Å². The van der Waals surface area contributed by atoms with Gasteiger partial charge in [0.05, 0.1) is 23.3 Å². The van der Waals surface area contributed by atoms with Gasteiger partial charge in [-0.05, 0) is 57.2 Å². The van der Waals surface area contributed by atoms with Crippen LogP contribution in [0.3, 0.4) is 0 Å². The largest absolute Gasteiger partial charge is 0.481 e. The summed E-state index contributed by atoms with van der Waals surface area (Å²) in [7, 11) is 0. The molecule has 282 valence electrons. The molecule has 12 N–H and O–H groups in total. The zero-order valence-corrected chi connectivity index (χ0v) is 29.1. The van der Waals surface area contributed by atoms with E-state index < -0.39 is 59.2 Å². The summed E-state index contributed by atoms with van der Waals surface area (Å²) in [6.45, 7) is 9.06. The van der Waals surface area contributed by atoms with Crippen molar-refractivity contribution in [1.82, 2.24) is 4.57 Å². The molecule has 0 bridgehead atoms. The van der Waals surface area contributed by atoms with Crippen LogP contribution < -0.4 is 22.9 Å². The standard InChI is InChI=1S/C17H22N2O4.C7H13NO2.C5H7NO2.C4H8N4O2/c1-17(2,3)23-16(22)19-10-12(8-11(9-18)15(20)21)13-6-4-5-7-14(13)19;1-2-3-4-6(5-8)7(9)10;1-2-4(3-6)5(7)8;5-1-3(4(9)10)2-7-8-6/h4-7,10-11H,8-9,18H2,1-3H3,(H,20,21);2,6H,1,3-5,8H2,(H,9,10);1,4H,3,6H2,(H,7,8);3H,1-2,5H2,(H,9,10)/t11-;6-;4-;3-/m0001/s1. The number of aromatic nitrogens is 1. The third-order valence-corrected chi connectivity index (χ3v) is 6.57. The van der Waals surface area contributed by atoms with Gasteiger partial charge in [-0.1, -0.05) is 35.3 Å². The van der Waals surface area contributed by atoms with Crippen molar-refractivity contribution in [2.45, 2.75) is 45.6 Å². The van der Waals surface area contributed by atoms with E-state index in [2.05, 4.69) is 16.6 Å². The minimum absolute atomic E-state index is 0.00560. The molecule has 0 saturated carbocycles. The Morgan fingerprint density at radius 1 is 0.941 bits per heavy atom. The number of carbonyl (C=O) groups excluding carboxylic acids is 1. The number of allylic oxidation sites excluding steroid dienone is 1. The number of ether oxygens (including phenoxy) is 1.